The second-order valence-corrected chi connectivity index (χ2v) is 3.45. The summed E-state index contributed by atoms with van der Waals surface area (Å²) in [5, 5.41) is 5.96. The Hall–Kier alpha value is -1.62. The Bertz CT molecular complexity index is 341. The molecule has 0 unspecified atom stereocenters. The van der Waals surface area contributed by atoms with Gasteiger partial charge < -0.3 is 16.4 Å². The van der Waals surface area contributed by atoms with Crippen molar-refractivity contribution in [1.29, 1.82) is 0 Å². The van der Waals surface area contributed by atoms with E-state index in [1.807, 2.05) is 0 Å². The van der Waals surface area contributed by atoms with Crippen molar-refractivity contribution < 1.29 is 4.79 Å². The highest BCUT2D eigenvalue weighted by Gasteiger charge is 2.05. The highest BCUT2D eigenvalue weighted by atomic mass is 16.1. The largest absolute Gasteiger partial charge is 0.384 e. The van der Waals surface area contributed by atoms with Gasteiger partial charge in [-0.1, -0.05) is 13.0 Å². The van der Waals surface area contributed by atoms with Crippen LogP contribution in [0.1, 0.15) is 23.8 Å². The lowest BCUT2D eigenvalue weighted by molar-refractivity contribution is 0.0949. The van der Waals surface area contributed by atoms with E-state index in [1.54, 1.807) is 18.2 Å². The lowest BCUT2D eigenvalue weighted by Crippen LogP contribution is -2.32. The Kier molecular flexibility index (Phi) is 5.28. The SMILES string of the molecule is CCCNCCNC(=O)c1cccc(N)n1. The number of nitrogen functional groups attached to an aromatic ring is 1. The van der Waals surface area contributed by atoms with Crippen LogP contribution in [-0.4, -0.2) is 30.5 Å². The van der Waals surface area contributed by atoms with Crippen molar-refractivity contribution in [3.05, 3.63) is 23.9 Å². The Morgan fingerprint density at radius 3 is 2.88 bits per heavy atom. The summed E-state index contributed by atoms with van der Waals surface area (Å²) >= 11 is 0. The van der Waals surface area contributed by atoms with Crippen molar-refractivity contribution in [3.63, 3.8) is 0 Å². The zero-order valence-electron chi connectivity index (χ0n) is 9.49. The first-order valence-electron chi connectivity index (χ1n) is 5.45. The second-order valence-electron chi connectivity index (χ2n) is 3.45. The second kappa shape index (κ2) is 6.79. The minimum atomic E-state index is -0.189. The van der Waals surface area contributed by atoms with Gasteiger partial charge in [0.15, 0.2) is 0 Å². The minimum Gasteiger partial charge on any atom is -0.384 e. The maximum absolute atomic E-state index is 11.6. The maximum Gasteiger partial charge on any atom is 0.270 e. The quantitative estimate of drug-likeness (QED) is 0.608. The van der Waals surface area contributed by atoms with Crippen molar-refractivity contribution >= 4 is 11.7 Å². The van der Waals surface area contributed by atoms with Crippen molar-refractivity contribution in [3.8, 4) is 0 Å². The predicted molar refractivity (Wildman–Crippen MR) is 64.1 cm³/mol. The van der Waals surface area contributed by atoms with Gasteiger partial charge in [0, 0.05) is 13.1 Å². The van der Waals surface area contributed by atoms with Crippen LogP contribution in [-0.2, 0) is 0 Å². The molecule has 1 aromatic heterocycles. The number of aromatic nitrogens is 1. The number of hydrogen-bond acceptors (Lipinski definition) is 4. The fraction of sp³-hybridized carbons (Fsp3) is 0.455. The summed E-state index contributed by atoms with van der Waals surface area (Å²) in [4.78, 5) is 15.5. The van der Waals surface area contributed by atoms with Crippen LogP contribution in [0.5, 0.6) is 0 Å². The number of anilines is 1. The lowest BCUT2D eigenvalue weighted by Gasteiger charge is -2.05. The van der Waals surface area contributed by atoms with E-state index in [2.05, 4.69) is 22.5 Å². The molecular formula is C11H18N4O. The normalized spacial score (nSPS) is 10.1. The molecule has 5 nitrogen and oxygen atoms in total. The molecule has 1 heterocycles. The van der Waals surface area contributed by atoms with E-state index in [4.69, 9.17) is 5.73 Å². The van der Waals surface area contributed by atoms with Gasteiger partial charge >= 0.3 is 0 Å². The van der Waals surface area contributed by atoms with E-state index in [0.717, 1.165) is 19.5 Å². The molecule has 1 aromatic rings. The number of nitrogens with zero attached hydrogens (tertiary/aromatic N) is 1. The van der Waals surface area contributed by atoms with Crippen LogP contribution in [0.2, 0.25) is 0 Å². The zero-order valence-corrected chi connectivity index (χ0v) is 9.49. The van der Waals surface area contributed by atoms with E-state index in [-0.39, 0.29) is 5.91 Å². The van der Waals surface area contributed by atoms with E-state index >= 15 is 0 Å². The van der Waals surface area contributed by atoms with Crippen LogP contribution in [0.3, 0.4) is 0 Å². The summed E-state index contributed by atoms with van der Waals surface area (Å²) in [5.74, 6) is 0.169. The molecule has 1 rings (SSSR count). The van der Waals surface area contributed by atoms with Crippen LogP contribution in [0.4, 0.5) is 5.82 Å². The number of nitrogens with two attached hydrogens (primary N) is 1. The molecule has 4 N–H and O–H groups in total. The first-order valence-corrected chi connectivity index (χ1v) is 5.45. The first kappa shape index (κ1) is 12.4. The van der Waals surface area contributed by atoms with E-state index in [9.17, 15) is 4.79 Å². The molecule has 0 saturated carbocycles. The molecule has 0 radical (unpaired) electrons. The highest BCUT2D eigenvalue weighted by molar-refractivity contribution is 5.92. The topological polar surface area (TPSA) is 80.0 Å². The minimum absolute atomic E-state index is 0.189. The summed E-state index contributed by atoms with van der Waals surface area (Å²) in [6, 6.07) is 5.01. The standard InChI is InChI=1S/C11H18N4O/c1-2-6-13-7-8-14-11(16)9-4-3-5-10(12)15-9/h3-5,13H,2,6-8H2,1H3,(H2,12,15)(H,14,16). The smallest absolute Gasteiger partial charge is 0.270 e. The van der Waals surface area contributed by atoms with Crippen molar-refractivity contribution in [2.45, 2.75) is 13.3 Å². The molecule has 1 amide bonds. The van der Waals surface area contributed by atoms with E-state index in [0.29, 0.717) is 18.1 Å². The predicted octanol–water partition coefficient (Wildman–Crippen LogP) is 0.393. The fourth-order valence-corrected chi connectivity index (χ4v) is 1.23. The molecule has 0 aliphatic heterocycles. The molecule has 16 heavy (non-hydrogen) atoms. The number of nitrogens with one attached hydrogen (secondary N) is 2. The summed E-state index contributed by atoms with van der Waals surface area (Å²) in [6.07, 6.45) is 1.09. The van der Waals surface area contributed by atoms with Gasteiger partial charge in [-0.05, 0) is 25.1 Å². The lowest BCUT2D eigenvalue weighted by atomic mass is 10.3. The van der Waals surface area contributed by atoms with E-state index in [1.165, 1.54) is 0 Å². The number of hydrogen-bond donors (Lipinski definition) is 3. The van der Waals surface area contributed by atoms with Crippen LogP contribution in [0.15, 0.2) is 18.2 Å². The third-order valence-corrected chi connectivity index (χ3v) is 2.02. The molecular weight excluding hydrogens is 204 g/mol. The van der Waals surface area contributed by atoms with Gasteiger partial charge in [0.2, 0.25) is 0 Å². The number of rotatable bonds is 6. The molecule has 88 valence electrons. The summed E-state index contributed by atoms with van der Waals surface area (Å²) in [7, 11) is 0. The third kappa shape index (κ3) is 4.27. The fourth-order valence-electron chi connectivity index (χ4n) is 1.23. The Morgan fingerprint density at radius 1 is 1.38 bits per heavy atom. The molecule has 0 aliphatic rings. The molecule has 0 aliphatic carbocycles. The van der Waals surface area contributed by atoms with Crippen LogP contribution < -0.4 is 16.4 Å². The molecule has 0 bridgehead atoms. The summed E-state index contributed by atoms with van der Waals surface area (Å²) in [6.45, 7) is 4.42. The number of pyridine rings is 1. The highest BCUT2D eigenvalue weighted by Crippen LogP contribution is 1.99. The Balaban J connectivity index is 2.30. The molecule has 0 fully saturated rings. The van der Waals surface area contributed by atoms with Crippen molar-refractivity contribution in [2.24, 2.45) is 0 Å². The average molecular weight is 222 g/mol. The monoisotopic (exact) mass is 222 g/mol. The van der Waals surface area contributed by atoms with Gasteiger partial charge in [0.25, 0.3) is 5.91 Å². The molecule has 0 saturated heterocycles. The van der Waals surface area contributed by atoms with Crippen molar-refractivity contribution in [1.82, 2.24) is 15.6 Å². The number of amides is 1. The summed E-state index contributed by atoms with van der Waals surface area (Å²) in [5.41, 5.74) is 5.84. The van der Waals surface area contributed by atoms with Gasteiger partial charge in [0.05, 0.1) is 0 Å². The molecule has 0 aromatic carbocycles. The van der Waals surface area contributed by atoms with Crippen molar-refractivity contribution in [2.75, 3.05) is 25.4 Å². The summed E-state index contributed by atoms with van der Waals surface area (Å²) < 4.78 is 0. The first-order chi connectivity index (χ1) is 7.74. The van der Waals surface area contributed by atoms with Gasteiger partial charge in [-0.3, -0.25) is 4.79 Å². The average Bonchev–Trinajstić information content (AvgIpc) is 2.28. The van der Waals surface area contributed by atoms with Gasteiger partial charge in [-0.25, -0.2) is 4.98 Å². The Morgan fingerprint density at radius 2 is 2.19 bits per heavy atom. The number of carbonyl (C=O) groups is 1. The van der Waals surface area contributed by atoms with Crippen LogP contribution in [0, 0.1) is 0 Å². The zero-order chi connectivity index (χ0) is 11.8. The molecule has 5 heteroatoms. The molecule has 0 atom stereocenters. The number of carbonyl (C=O) groups excluding carboxylic acids is 1. The van der Waals surface area contributed by atoms with Crippen LogP contribution >= 0.6 is 0 Å². The van der Waals surface area contributed by atoms with E-state index < -0.39 is 0 Å². The molecule has 0 spiro atoms. The van der Waals surface area contributed by atoms with Crippen LogP contribution in [0.25, 0.3) is 0 Å². The van der Waals surface area contributed by atoms with Gasteiger partial charge in [-0.15, -0.1) is 0 Å². The maximum atomic E-state index is 11.6. The van der Waals surface area contributed by atoms with Gasteiger partial charge in [0.1, 0.15) is 11.5 Å². The van der Waals surface area contributed by atoms with Gasteiger partial charge in [-0.2, -0.15) is 0 Å². The Labute approximate surface area is 95.4 Å². The third-order valence-electron chi connectivity index (χ3n) is 2.02.